The van der Waals surface area contributed by atoms with E-state index in [9.17, 15) is 0 Å². The average molecular weight is 239 g/mol. The van der Waals surface area contributed by atoms with Gasteiger partial charge < -0.3 is 10.2 Å². The van der Waals surface area contributed by atoms with Crippen molar-refractivity contribution < 1.29 is 0 Å². The van der Waals surface area contributed by atoms with Gasteiger partial charge in [0.15, 0.2) is 0 Å². The fourth-order valence-electron chi connectivity index (χ4n) is 1.72. The van der Waals surface area contributed by atoms with E-state index in [1.54, 1.807) is 0 Å². The molecule has 1 unspecified atom stereocenters. The number of hydrogen-bond donors (Lipinski definition) is 1. The van der Waals surface area contributed by atoms with E-state index in [4.69, 9.17) is 5.26 Å². The second-order valence-corrected chi connectivity index (χ2v) is 4.99. The molecule has 0 rings (SSSR count). The summed E-state index contributed by atoms with van der Waals surface area (Å²) in [5.74, 6) is 0. The molecule has 0 aliphatic rings. The van der Waals surface area contributed by atoms with Gasteiger partial charge in [0.2, 0.25) is 0 Å². The van der Waals surface area contributed by atoms with E-state index in [2.05, 4.69) is 30.1 Å². The normalized spacial score (nSPS) is 14.6. The van der Waals surface area contributed by atoms with Gasteiger partial charge in [0.1, 0.15) is 5.54 Å². The molecule has 0 aromatic heterocycles. The van der Waals surface area contributed by atoms with Crippen LogP contribution >= 0.6 is 0 Å². The molecule has 0 aromatic rings. The molecular formula is C14H29N3. The highest BCUT2D eigenvalue weighted by Gasteiger charge is 2.21. The summed E-state index contributed by atoms with van der Waals surface area (Å²) in [5, 5.41) is 12.2. The summed E-state index contributed by atoms with van der Waals surface area (Å²) >= 11 is 0. The van der Waals surface area contributed by atoms with Gasteiger partial charge in [-0.3, -0.25) is 0 Å². The maximum Gasteiger partial charge on any atom is 0.104 e. The maximum atomic E-state index is 9.12. The smallest absolute Gasteiger partial charge is 0.104 e. The van der Waals surface area contributed by atoms with E-state index >= 15 is 0 Å². The van der Waals surface area contributed by atoms with E-state index in [1.807, 2.05) is 14.0 Å². The second kappa shape index (κ2) is 9.44. The third-order valence-electron chi connectivity index (χ3n) is 3.38. The molecule has 3 heteroatoms. The minimum absolute atomic E-state index is 0.378. The van der Waals surface area contributed by atoms with E-state index in [-0.39, 0.29) is 5.54 Å². The molecule has 0 aromatic carbocycles. The first kappa shape index (κ1) is 16.4. The van der Waals surface area contributed by atoms with Crippen LogP contribution in [-0.2, 0) is 0 Å². The number of hydrogen-bond acceptors (Lipinski definition) is 3. The number of rotatable bonds is 10. The van der Waals surface area contributed by atoms with Gasteiger partial charge in [-0.1, -0.05) is 26.7 Å². The van der Waals surface area contributed by atoms with E-state index in [0.717, 1.165) is 13.0 Å². The summed E-state index contributed by atoms with van der Waals surface area (Å²) in [5.41, 5.74) is -0.378. The van der Waals surface area contributed by atoms with Gasteiger partial charge in [-0.15, -0.1) is 0 Å². The van der Waals surface area contributed by atoms with Crippen molar-refractivity contribution in [3.8, 4) is 6.07 Å². The zero-order chi connectivity index (χ0) is 13.1. The minimum Gasteiger partial charge on any atom is -0.303 e. The lowest BCUT2D eigenvalue weighted by atomic mass is 10.00. The van der Waals surface area contributed by atoms with Crippen LogP contribution in [0, 0.1) is 11.3 Å². The first-order valence-electron chi connectivity index (χ1n) is 6.94. The Kier molecular flexibility index (Phi) is 9.11. The molecule has 0 saturated carbocycles. The number of nitrogens with one attached hydrogen (secondary N) is 1. The lowest BCUT2D eigenvalue weighted by Gasteiger charge is -2.27. The van der Waals surface area contributed by atoms with Gasteiger partial charge in [-0.2, -0.15) is 5.26 Å². The van der Waals surface area contributed by atoms with E-state index < -0.39 is 0 Å². The Bertz CT molecular complexity index is 214. The summed E-state index contributed by atoms with van der Waals surface area (Å²) in [6, 6.07) is 2.36. The van der Waals surface area contributed by atoms with Crippen LogP contribution < -0.4 is 5.32 Å². The molecule has 0 aliphatic heterocycles. The molecule has 0 heterocycles. The number of nitriles is 1. The van der Waals surface area contributed by atoms with Crippen LogP contribution in [-0.4, -0.2) is 37.1 Å². The largest absolute Gasteiger partial charge is 0.303 e. The molecule has 0 saturated heterocycles. The van der Waals surface area contributed by atoms with Crippen molar-refractivity contribution in [3.05, 3.63) is 0 Å². The number of nitrogens with zero attached hydrogens (tertiary/aromatic N) is 2. The zero-order valence-electron chi connectivity index (χ0n) is 12.1. The summed E-state index contributed by atoms with van der Waals surface area (Å²) in [6.45, 7) is 9.79. The molecule has 3 nitrogen and oxygen atoms in total. The van der Waals surface area contributed by atoms with Gasteiger partial charge in [-0.25, -0.2) is 0 Å². The first-order chi connectivity index (χ1) is 8.11. The highest BCUT2D eigenvalue weighted by Crippen LogP contribution is 2.10. The zero-order valence-corrected chi connectivity index (χ0v) is 12.1. The van der Waals surface area contributed by atoms with Crippen molar-refractivity contribution in [1.82, 2.24) is 10.2 Å². The molecule has 0 amide bonds. The van der Waals surface area contributed by atoms with Crippen LogP contribution in [0.5, 0.6) is 0 Å². The molecule has 1 N–H and O–H groups in total. The lowest BCUT2D eigenvalue weighted by Crippen LogP contribution is -2.42. The van der Waals surface area contributed by atoms with Crippen LogP contribution in [0.2, 0.25) is 0 Å². The predicted octanol–water partition coefficient (Wildman–Crippen LogP) is 2.78. The van der Waals surface area contributed by atoms with Gasteiger partial charge in [0.05, 0.1) is 6.07 Å². The van der Waals surface area contributed by atoms with Gasteiger partial charge in [0.25, 0.3) is 0 Å². The van der Waals surface area contributed by atoms with Gasteiger partial charge >= 0.3 is 0 Å². The topological polar surface area (TPSA) is 39.1 Å². The van der Waals surface area contributed by atoms with Crippen LogP contribution in [0.1, 0.15) is 52.9 Å². The van der Waals surface area contributed by atoms with Crippen molar-refractivity contribution in [2.45, 2.75) is 58.4 Å². The van der Waals surface area contributed by atoms with E-state index in [0.29, 0.717) is 0 Å². The molecular weight excluding hydrogens is 210 g/mol. The van der Waals surface area contributed by atoms with Gasteiger partial charge in [-0.05, 0) is 46.3 Å². The first-order valence-corrected chi connectivity index (χ1v) is 6.94. The predicted molar refractivity (Wildman–Crippen MR) is 74.0 cm³/mol. The Hall–Kier alpha value is -0.590. The molecule has 17 heavy (non-hydrogen) atoms. The third-order valence-corrected chi connectivity index (χ3v) is 3.38. The number of unbranched alkanes of at least 4 members (excludes halogenated alkanes) is 2. The fourth-order valence-corrected chi connectivity index (χ4v) is 1.72. The Morgan fingerprint density at radius 3 is 2.00 bits per heavy atom. The van der Waals surface area contributed by atoms with Crippen molar-refractivity contribution in [3.63, 3.8) is 0 Å². The minimum atomic E-state index is -0.378. The molecule has 0 radical (unpaired) electrons. The summed E-state index contributed by atoms with van der Waals surface area (Å²) in [4.78, 5) is 2.50. The lowest BCUT2D eigenvalue weighted by molar-refractivity contribution is 0.241. The molecule has 0 aliphatic carbocycles. The van der Waals surface area contributed by atoms with Crippen molar-refractivity contribution in [2.24, 2.45) is 0 Å². The van der Waals surface area contributed by atoms with Crippen molar-refractivity contribution in [2.75, 3.05) is 26.7 Å². The van der Waals surface area contributed by atoms with Crippen LogP contribution in [0.15, 0.2) is 0 Å². The Labute approximate surface area is 107 Å². The van der Waals surface area contributed by atoms with Gasteiger partial charge in [0, 0.05) is 6.54 Å². The highest BCUT2D eigenvalue weighted by atomic mass is 15.1. The average Bonchev–Trinajstić information content (AvgIpc) is 2.37. The summed E-state index contributed by atoms with van der Waals surface area (Å²) in [7, 11) is 1.87. The molecule has 0 bridgehead atoms. The Morgan fingerprint density at radius 2 is 1.65 bits per heavy atom. The third kappa shape index (κ3) is 7.36. The maximum absolute atomic E-state index is 9.12. The van der Waals surface area contributed by atoms with Crippen molar-refractivity contribution in [1.29, 1.82) is 5.26 Å². The van der Waals surface area contributed by atoms with Crippen LogP contribution in [0.25, 0.3) is 0 Å². The molecule has 100 valence electrons. The van der Waals surface area contributed by atoms with Crippen LogP contribution in [0.4, 0.5) is 0 Å². The van der Waals surface area contributed by atoms with Crippen LogP contribution in [0.3, 0.4) is 0 Å². The SMILES string of the molecule is CCCCN(CCCC)CCC(C)(C#N)NC. The van der Waals surface area contributed by atoms with E-state index in [1.165, 1.54) is 38.8 Å². The summed E-state index contributed by atoms with van der Waals surface area (Å²) < 4.78 is 0. The highest BCUT2D eigenvalue weighted by molar-refractivity contribution is 5.03. The van der Waals surface area contributed by atoms with Crippen molar-refractivity contribution >= 4 is 0 Å². The summed E-state index contributed by atoms with van der Waals surface area (Å²) in [6.07, 6.45) is 5.89. The monoisotopic (exact) mass is 239 g/mol. The second-order valence-electron chi connectivity index (χ2n) is 4.99. The standard InChI is InChI=1S/C14H29N3/c1-5-7-10-17(11-8-6-2)12-9-14(3,13-15)16-4/h16H,5-12H2,1-4H3. The molecule has 0 spiro atoms. The Balaban J connectivity index is 4.09. The fraction of sp³-hybridized carbons (Fsp3) is 0.929. The molecule has 0 fully saturated rings. The molecule has 1 atom stereocenters. The Morgan fingerprint density at radius 1 is 1.12 bits per heavy atom. The quantitative estimate of drug-likeness (QED) is 0.637.